The third-order valence-electron chi connectivity index (χ3n) is 4.66. The highest BCUT2D eigenvalue weighted by atomic mass is 19.4. The molecule has 2 N–H and O–H groups in total. The van der Waals surface area contributed by atoms with Crippen molar-refractivity contribution >= 4 is 17.6 Å². The zero-order valence-electron chi connectivity index (χ0n) is 16.8. The summed E-state index contributed by atoms with van der Waals surface area (Å²) in [5.74, 6) is -1.33. The minimum absolute atomic E-state index is 0.0659. The van der Waals surface area contributed by atoms with Crippen molar-refractivity contribution in [3.8, 4) is 5.75 Å². The fourth-order valence-electron chi connectivity index (χ4n) is 3.16. The van der Waals surface area contributed by atoms with Crippen molar-refractivity contribution < 1.29 is 32.6 Å². The Labute approximate surface area is 172 Å². The maximum atomic E-state index is 12.6. The highest BCUT2D eigenvalue weighted by Crippen LogP contribution is 2.30. The summed E-state index contributed by atoms with van der Waals surface area (Å²) < 4.78 is 43.2. The molecule has 2 aromatic rings. The van der Waals surface area contributed by atoms with Crippen LogP contribution in [0.3, 0.4) is 0 Å². The van der Waals surface area contributed by atoms with Crippen LogP contribution in [0.25, 0.3) is 0 Å². The first-order valence-corrected chi connectivity index (χ1v) is 9.49. The Balaban J connectivity index is 2.12. The molecule has 5 nitrogen and oxygen atoms in total. The summed E-state index contributed by atoms with van der Waals surface area (Å²) in [6.07, 6.45) is -2.88. The van der Waals surface area contributed by atoms with Gasteiger partial charge in [0, 0.05) is 11.3 Å². The second-order valence-electron chi connectivity index (χ2n) is 6.97. The number of benzene rings is 2. The SMILES string of the molecule is CCCC(Cc1ccc(OC)c(CC(=O)Nc2ccc(C(F)(F)F)cc2)c1)C(=O)O. The fraction of sp³-hybridized carbons (Fsp3) is 0.364. The Bertz CT molecular complexity index is 879. The number of carbonyl (C=O) groups excluding carboxylic acids is 1. The van der Waals surface area contributed by atoms with Gasteiger partial charge in [-0.1, -0.05) is 25.5 Å². The van der Waals surface area contributed by atoms with Crippen molar-refractivity contribution in [2.75, 3.05) is 12.4 Å². The second kappa shape index (κ2) is 10.1. The van der Waals surface area contributed by atoms with Crippen molar-refractivity contribution in [2.24, 2.45) is 5.92 Å². The largest absolute Gasteiger partial charge is 0.496 e. The number of aliphatic carboxylic acids is 1. The number of carbonyl (C=O) groups is 2. The van der Waals surface area contributed by atoms with Crippen LogP contribution < -0.4 is 10.1 Å². The highest BCUT2D eigenvalue weighted by Gasteiger charge is 2.30. The smallest absolute Gasteiger partial charge is 0.416 e. The lowest BCUT2D eigenvalue weighted by Crippen LogP contribution is -2.17. The van der Waals surface area contributed by atoms with E-state index in [1.165, 1.54) is 19.2 Å². The number of nitrogens with one attached hydrogen (secondary N) is 1. The molecular weight excluding hydrogens is 399 g/mol. The molecule has 0 radical (unpaired) electrons. The van der Waals surface area contributed by atoms with E-state index in [4.69, 9.17) is 4.74 Å². The van der Waals surface area contributed by atoms with Crippen LogP contribution in [0, 0.1) is 5.92 Å². The van der Waals surface area contributed by atoms with E-state index < -0.39 is 29.5 Å². The molecule has 0 saturated carbocycles. The summed E-state index contributed by atoms with van der Waals surface area (Å²) in [6, 6.07) is 9.36. The normalized spacial score (nSPS) is 12.3. The zero-order valence-corrected chi connectivity index (χ0v) is 16.8. The number of anilines is 1. The quantitative estimate of drug-likeness (QED) is 0.599. The molecule has 30 heavy (non-hydrogen) atoms. The molecule has 2 rings (SSSR count). The van der Waals surface area contributed by atoms with E-state index in [9.17, 15) is 27.9 Å². The molecule has 0 aliphatic rings. The zero-order chi connectivity index (χ0) is 22.3. The van der Waals surface area contributed by atoms with Crippen molar-refractivity contribution in [1.29, 1.82) is 0 Å². The summed E-state index contributed by atoms with van der Waals surface area (Å²) >= 11 is 0. The van der Waals surface area contributed by atoms with Crippen LogP contribution in [-0.2, 0) is 28.6 Å². The first-order chi connectivity index (χ1) is 14.1. The lowest BCUT2D eigenvalue weighted by molar-refractivity contribution is -0.142. The lowest BCUT2D eigenvalue weighted by atomic mass is 9.93. The van der Waals surface area contributed by atoms with E-state index in [-0.39, 0.29) is 12.1 Å². The van der Waals surface area contributed by atoms with Crippen molar-refractivity contribution in [2.45, 2.75) is 38.8 Å². The first-order valence-electron chi connectivity index (χ1n) is 9.49. The van der Waals surface area contributed by atoms with Crippen LogP contribution in [0.5, 0.6) is 5.75 Å². The van der Waals surface area contributed by atoms with Gasteiger partial charge < -0.3 is 15.2 Å². The van der Waals surface area contributed by atoms with Gasteiger partial charge >= 0.3 is 12.1 Å². The first kappa shape index (κ1) is 23.3. The standard InChI is InChI=1S/C22H24F3NO4/c1-3-4-15(21(28)29)11-14-5-10-19(30-2)16(12-14)13-20(27)26-18-8-6-17(7-9-18)22(23,24)25/h5-10,12,15H,3-4,11,13H2,1-2H3,(H,26,27)(H,28,29). The summed E-state index contributed by atoms with van der Waals surface area (Å²) in [6.45, 7) is 1.92. The molecule has 0 aliphatic heterocycles. The van der Waals surface area contributed by atoms with Gasteiger partial charge in [0.2, 0.25) is 5.91 Å². The van der Waals surface area contributed by atoms with Crippen LogP contribution in [0.15, 0.2) is 42.5 Å². The molecule has 1 unspecified atom stereocenters. The van der Waals surface area contributed by atoms with Gasteiger partial charge in [0.05, 0.1) is 25.0 Å². The lowest BCUT2D eigenvalue weighted by Gasteiger charge is -2.14. The van der Waals surface area contributed by atoms with Gasteiger partial charge in [0.15, 0.2) is 0 Å². The number of halogens is 3. The second-order valence-corrected chi connectivity index (χ2v) is 6.97. The third-order valence-corrected chi connectivity index (χ3v) is 4.66. The molecule has 162 valence electrons. The number of hydrogen-bond donors (Lipinski definition) is 2. The van der Waals surface area contributed by atoms with E-state index in [2.05, 4.69) is 5.32 Å². The van der Waals surface area contributed by atoms with Gasteiger partial charge in [-0.25, -0.2) is 0 Å². The van der Waals surface area contributed by atoms with E-state index in [0.717, 1.165) is 24.1 Å². The molecule has 8 heteroatoms. The molecule has 0 aromatic heterocycles. The molecule has 1 amide bonds. The number of amides is 1. The Morgan fingerprint density at radius 3 is 2.33 bits per heavy atom. The number of carboxylic acids is 1. The number of ether oxygens (including phenoxy) is 1. The van der Waals surface area contributed by atoms with Crippen LogP contribution in [0.4, 0.5) is 18.9 Å². The summed E-state index contributed by atoms with van der Waals surface area (Å²) in [4.78, 5) is 23.8. The summed E-state index contributed by atoms with van der Waals surface area (Å²) in [7, 11) is 1.46. The minimum atomic E-state index is -4.44. The average molecular weight is 423 g/mol. The van der Waals surface area contributed by atoms with Gasteiger partial charge in [-0.2, -0.15) is 13.2 Å². The molecule has 0 saturated heterocycles. The predicted octanol–water partition coefficient (Wildman–Crippen LogP) is 4.94. The van der Waals surface area contributed by atoms with E-state index >= 15 is 0 Å². The van der Waals surface area contributed by atoms with Gasteiger partial charge in [-0.05, 0) is 48.7 Å². The Kier molecular flexibility index (Phi) is 7.86. The number of methoxy groups -OCH3 is 1. The molecular formula is C22H24F3NO4. The summed E-state index contributed by atoms with van der Waals surface area (Å²) in [5.41, 5.74) is 0.793. The van der Waals surface area contributed by atoms with Gasteiger partial charge in [-0.3, -0.25) is 9.59 Å². The van der Waals surface area contributed by atoms with E-state index in [1.54, 1.807) is 18.2 Å². The maximum Gasteiger partial charge on any atom is 0.416 e. The number of carboxylic acid groups (broad SMARTS) is 1. The topological polar surface area (TPSA) is 75.6 Å². The average Bonchev–Trinajstić information content (AvgIpc) is 2.67. The number of alkyl halides is 3. The molecule has 0 spiro atoms. The molecule has 0 fully saturated rings. The highest BCUT2D eigenvalue weighted by molar-refractivity contribution is 5.92. The van der Waals surface area contributed by atoms with Gasteiger partial charge in [0.1, 0.15) is 5.75 Å². The predicted molar refractivity (Wildman–Crippen MR) is 107 cm³/mol. The van der Waals surface area contributed by atoms with E-state index in [1.807, 2.05) is 6.92 Å². The molecule has 2 aromatic carbocycles. The maximum absolute atomic E-state index is 12.6. The Hall–Kier alpha value is -3.03. The fourth-order valence-corrected chi connectivity index (χ4v) is 3.16. The monoisotopic (exact) mass is 423 g/mol. The van der Waals surface area contributed by atoms with Gasteiger partial charge in [-0.15, -0.1) is 0 Å². The molecule has 0 aliphatic carbocycles. The minimum Gasteiger partial charge on any atom is -0.496 e. The number of rotatable bonds is 9. The van der Waals surface area contributed by atoms with Crippen LogP contribution in [-0.4, -0.2) is 24.1 Å². The molecule has 0 heterocycles. The Morgan fingerprint density at radius 1 is 1.13 bits per heavy atom. The van der Waals surface area contributed by atoms with Gasteiger partial charge in [0.25, 0.3) is 0 Å². The van der Waals surface area contributed by atoms with Crippen LogP contribution >= 0.6 is 0 Å². The van der Waals surface area contributed by atoms with Crippen molar-refractivity contribution in [3.63, 3.8) is 0 Å². The van der Waals surface area contributed by atoms with Crippen molar-refractivity contribution in [3.05, 3.63) is 59.2 Å². The Morgan fingerprint density at radius 2 is 1.80 bits per heavy atom. The van der Waals surface area contributed by atoms with Crippen LogP contribution in [0.2, 0.25) is 0 Å². The molecule has 1 atom stereocenters. The third kappa shape index (κ3) is 6.50. The van der Waals surface area contributed by atoms with Crippen molar-refractivity contribution in [1.82, 2.24) is 0 Å². The number of hydrogen-bond acceptors (Lipinski definition) is 3. The van der Waals surface area contributed by atoms with Crippen LogP contribution in [0.1, 0.15) is 36.5 Å². The van der Waals surface area contributed by atoms with E-state index in [0.29, 0.717) is 24.2 Å². The summed E-state index contributed by atoms with van der Waals surface area (Å²) in [5, 5.41) is 11.9. The molecule has 0 bridgehead atoms.